The molecule has 2 aromatic carbocycles. The number of fused-ring (bicyclic) bond motifs is 1. The van der Waals surface area contributed by atoms with E-state index in [1.807, 2.05) is 30.3 Å². The van der Waals surface area contributed by atoms with Gasteiger partial charge >= 0.3 is 144 Å². The van der Waals surface area contributed by atoms with Gasteiger partial charge in [0.15, 0.2) is 0 Å². The van der Waals surface area contributed by atoms with Crippen LogP contribution in [-0.4, -0.2) is 27.9 Å². The molecule has 24 heavy (non-hydrogen) atoms. The monoisotopic (exact) mass is 399 g/mol. The molecular weight excluding hydrogens is 382 g/mol. The second-order valence-electron chi connectivity index (χ2n) is 6.03. The summed E-state index contributed by atoms with van der Waals surface area (Å²) >= 11 is 0.00234. The summed E-state index contributed by atoms with van der Waals surface area (Å²) in [6, 6.07) is 13.3. The van der Waals surface area contributed by atoms with Crippen LogP contribution in [0.1, 0.15) is 18.1 Å². The van der Waals surface area contributed by atoms with Crippen molar-refractivity contribution in [2.45, 2.75) is 23.8 Å². The number of carbonyl (C=O) groups excluding carboxylic acids is 1. The van der Waals surface area contributed by atoms with Gasteiger partial charge in [0.25, 0.3) is 0 Å². The average molecular weight is 398 g/mol. The van der Waals surface area contributed by atoms with Crippen LogP contribution in [-0.2, 0) is 16.4 Å². The molecule has 1 aliphatic rings. The Hall–Kier alpha value is -1.78. The van der Waals surface area contributed by atoms with Crippen molar-refractivity contribution in [3.05, 3.63) is 59.7 Å². The van der Waals surface area contributed by atoms with E-state index >= 15 is 0 Å². The fraction of sp³-hybridized carbons (Fsp3) is 0.278. The Bertz CT molecular complexity index is 776. The number of hydrogen-bond acceptors (Lipinski definition) is 1. The SMILES string of the molecule is CN1C(=O)[C@@](C)(C[Se]c2ccccc2)c2cc(C(F)(F)F)ccc21. The molecule has 6 heteroatoms. The van der Waals surface area contributed by atoms with Gasteiger partial charge in [0.05, 0.1) is 0 Å². The molecule has 0 saturated heterocycles. The summed E-state index contributed by atoms with van der Waals surface area (Å²) in [5, 5.41) is 0.529. The third-order valence-corrected chi connectivity index (χ3v) is 7.11. The van der Waals surface area contributed by atoms with E-state index in [1.54, 1.807) is 14.0 Å². The molecule has 0 radical (unpaired) electrons. The number of carbonyl (C=O) groups is 1. The first-order chi connectivity index (χ1) is 11.2. The van der Waals surface area contributed by atoms with Crippen molar-refractivity contribution in [3.63, 3.8) is 0 Å². The standard InChI is InChI=1S/C18H16F3NOSe/c1-17(11-24-13-6-4-3-5-7-13)14-10-12(18(19,20)21)8-9-15(14)22(2)16(17)23/h3-10H,11H2,1-2H3/t17-/m0/s1. The fourth-order valence-corrected chi connectivity index (χ4v) is 5.20. The number of halogens is 3. The minimum absolute atomic E-state index is 0.00234. The molecule has 1 amide bonds. The normalized spacial score (nSPS) is 20.4. The van der Waals surface area contributed by atoms with Crippen molar-refractivity contribution in [2.75, 3.05) is 11.9 Å². The number of amides is 1. The van der Waals surface area contributed by atoms with E-state index < -0.39 is 17.2 Å². The van der Waals surface area contributed by atoms with Gasteiger partial charge in [0.1, 0.15) is 0 Å². The summed E-state index contributed by atoms with van der Waals surface area (Å²) in [5.74, 6) is -0.144. The summed E-state index contributed by atoms with van der Waals surface area (Å²) in [7, 11) is 1.62. The number of nitrogens with zero attached hydrogens (tertiary/aromatic N) is 1. The van der Waals surface area contributed by atoms with Gasteiger partial charge in [-0.15, -0.1) is 0 Å². The summed E-state index contributed by atoms with van der Waals surface area (Å²) in [5.41, 5.74) is -0.578. The molecule has 3 rings (SSSR count). The average Bonchev–Trinajstić information content (AvgIpc) is 2.75. The zero-order chi connectivity index (χ0) is 17.5. The summed E-state index contributed by atoms with van der Waals surface area (Å²) < 4.78 is 40.3. The van der Waals surface area contributed by atoms with Crippen LogP contribution in [0.3, 0.4) is 0 Å². The minimum atomic E-state index is -4.41. The fourth-order valence-electron chi connectivity index (χ4n) is 2.93. The molecule has 126 valence electrons. The molecule has 0 N–H and O–H groups in total. The van der Waals surface area contributed by atoms with Gasteiger partial charge in [0.2, 0.25) is 0 Å². The molecule has 1 heterocycles. The topological polar surface area (TPSA) is 20.3 Å². The molecule has 1 aliphatic heterocycles. The van der Waals surface area contributed by atoms with Crippen LogP contribution in [0, 0.1) is 0 Å². The molecule has 1 atom stereocenters. The van der Waals surface area contributed by atoms with Crippen molar-refractivity contribution in [3.8, 4) is 0 Å². The molecular formula is C18H16F3NOSe. The summed E-state index contributed by atoms with van der Waals surface area (Å²) in [6.07, 6.45) is -4.41. The van der Waals surface area contributed by atoms with Crippen molar-refractivity contribution in [1.82, 2.24) is 0 Å². The van der Waals surface area contributed by atoms with Crippen LogP contribution in [0.15, 0.2) is 48.5 Å². The first-order valence-electron chi connectivity index (χ1n) is 7.41. The van der Waals surface area contributed by atoms with Gasteiger partial charge in [-0.1, -0.05) is 0 Å². The quantitative estimate of drug-likeness (QED) is 0.726. The van der Waals surface area contributed by atoms with Crippen LogP contribution < -0.4 is 9.36 Å². The summed E-state index contributed by atoms with van der Waals surface area (Å²) in [4.78, 5) is 14.2. The van der Waals surface area contributed by atoms with Gasteiger partial charge in [-0.2, -0.15) is 0 Å². The summed E-state index contributed by atoms with van der Waals surface area (Å²) in [6.45, 7) is 1.75. The predicted molar refractivity (Wildman–Crippen MR) is 88.8 cm³/mol. The van der Waals surface area contributed by atoms with Gasteiger partial charge in [-0.3, -0.25) is 0 Å². The molecule has 0 fully saturated rings. The number of hydrogen-bond donors (Lipinski definition) is 0. The van der Waals surface area contributed by atoms with Crippen molar-refractivity contribution < 1.29 is 18.0 Å². The Morgan fingerprint density at radius 1 is 1.12 bits per heavy atom. The number of rotatable bonds is 3. The van der Waals surface area contributed by atoms with E-state index in [0.29, 0.717) is 16.6 Å². The molecule has 0 aromatic heterocycles. The molecule has 0 unspecified atom stereocenters. The van der Waals surface area contributed by atoms with E-state index in [9.17, 15) is 18.0 Å². The van der Waals surface area contributed by atoms with Gasteiger partial charge in [-0.25, -0.2) is 0 Å². The van der Waals surface area contributed by atoms with Gasteiger partial charge in [0, 0.05) is 0 Å². The molecule has 2 nitrogen and oxygen atoms in total. The molecule has 0 saturated carbocycles. The Morgan fingerprint density at radius 3 is 2.42 bits per heavy atom. The first-order valence-corrected chi connectivity index (χ1v) is 9.48. The van der Waals surface area contributed by atoms with Gasteiger partial charge < -0.3 is 0 Å². The third kappa shape index (κ3) is 2.85. The maximum atomic E-state index is 13.1. The number of benzene rings is 2. The second-order valence-corrected chi connectivity index (χ2v) is 8.23. The Labute approximate surface area is 144 Å². The second kappa shape index (κ2) is 5.94. The van der Waals surface area contributed by atoms with E-state index in [1.165, 1.54) is 11.0 Å². The number of alkyl halides is 3. The zero-order valence-corrected chi connectivity index (χ0v) is 14.9. The Morgan fingerprint density at radius 2 is 1.79 bits per heavy atom. The third-order valence-electron chi connectivity index (χ3n) is 4.33. The maximum absolute atomic E-state index is 13.1. The van der Waals surface area contributed by atoms with Crippen LogP contribution in [0.4, 0.5) is 18.9 Å². The van der Waals surface area contributed by atoms with Crippen molar-refractivity contribution in [2.24, 2.45) is 0 Å². The van der Waals surface area contributed by atoms with E-state index in [-0.39, 0.29) is 20.9 Å². The van der Waals surface area contributed by atoms with Crippen LogP contribution >= 0.6 is 0 Å². The van der Waals surface area contributed by atoms with Crippen molar-refractivity contribution in [1.29, 1.82) is 0 Å². The zero-order valence-electron chi connectivity index (χ0n) is 13.2. The predicted octanol–water partition coefficient (Wildman–Crippen LogP) is 3.39. The van der Waals surface area contributed by atoms with Crippen LogP contribution in [0.25, 0.3) is 0 Å². The van der Waals surface area contributed by atoms with E-state index in [0.717, 1.165) is 16.6 Å². The Balaban J connectivity index is 1.98. The van der Waals surface area contributed by atoms with E-state index in [2.05, 4.69) is 0 Å². The van der Waals surface area contributed by atoms with Crippen LogP contribution in [0.5, 0.6) is 0 Å². The Kier molecular flexibility index (Phi) is 4.22. The van der Waals surface area contributed by atoms with Crippen molar-refractivity contribution >= 4 is 31.0 Å². The molecule has 0 bridgehead atoms. The van der Waals surface area contributed by atoms with E-state index in [4.69, 9.17) is 0 Å². The number of likely N-dealkylation sites (N-methyl/N-ethyl adjacent to an activating group) is 1. The number of anilines is 1. The first kappa shape index (κ1) is 17.1. The van der Waals surface area contributed by atoms with Gasteiger partial charge in [-0.05, 0) is 0 Å². The van der Waals surface area contributed by atoms with Crippen LogP contribution in [0.2, 0.25) is 5.32 Å². The molecule has 0 aliphatic carbocycles. The molecule has 0 spiro atoms. The molecule has 2 aromatic rings.